The van der Waals surface area contributed by atoms with Crippen molar-refractivity contribution in [1.29, 1.82) is 0 Å². The zero-order valence-corrected chi connectivity index (χ0v) is 16.8. The molecule has 0 spiro atoms. The van der Waals surface area contributed by atoms with Gasteiger partial charge in [0.15, 0.2) is 0 Å². The van der Waals surface area contributed by atoms with E-state index < -0.39 is 10.0 Å². The first-order valence-electron chi connectivity index (χ1n) is 9.01. The summed E-state index contributed by atoms with van der Waals surface area (Å²) in [5.74, 6) is 0.621. The Hall–Kier alpha value is -3.72. The molecule has 2 aromatic carbocycles. The molecule has 0 bridgehead atoms. The van der Waals surface area contributed by atoms with Gasteiger partial charge in [0.25, 0.3) is 15.9 Å². The van der Waals surface area contributed by atoms with Crippen LogP contribution in [0, 0.1) is 0 Å². The Morgan fingerprint density at radius 3 is 2.27 bits per heavy atom. The summed E-state index contributed by atoms with van der Waals surface area (Å²) in [6.07, 6.45) is 1.65. The van der Waals surface area contributed by atoms with E-state index >= 15 is 0 Å². The van der Waals surface area contributed by atoms with Gasteiger partial charge in [-0.25, -0.2) is 18.4 Å². The number of benzene rings is 2. The molecule has 0 saturated heterocycles. The van der Waals surface area contributed by atoms with Crippen LogP contribution in [0.15, 0.2) is 77.8 Å². The van der Waals surface area contributed by atoms with Gasteiger partial charge in [-0.2, -0.15) is 0 Å². The van der Waals surface area contributed by atoms with Crippen LogP contribution in [0.5, 0.6) is 11.6 Å². The number of hydrogen-bond acceptors (Lipinski definition) is 7. The highest BCUT2D eigenvalue weighted by Gasteiger charge is 2.20. The molecule has 8 nitrogen and oxygen atoms in total. The van der Waals surface area contributed by atoms with Crippen LogP contribution < -0.4 is 14.2 Å². The monoisotopic (exact) mass is 422 g/mol. The summed E-state index contributed by atoms with van der Waals surface area (Å²) in [6, 6.07) is 18.6. The number of para-hydroxylation sites is 2. The van der Waals surface area contributed by atoms with Crippen LogP contribution in [-0.4, -0.2) is 30.5 Å². The summed E-state index contributed by atoms with van der Waals surface area (Å²) in [6.45, 7) is 0.116. The Morgan fingerprint density at radius 2 is 1.60 bits per heavy atom. The first-order chi connectivity index (χ1) is 14.5. The van der Waals surface area contributed by atoms with Crippen molar-refractivity contribution in [3.8, 4) is 11.6 Å². The maximum absolute atomic E-state index is 12.9. The molecule has 0 atom stereocenters. The minimum atomic E-state index is -3.92. The third-order valence-electron chi connectivity index (χ3n) is 4.22. The van der Waals surface area contributed by atoms with E-state index in [0.29, 0.717) is 22.5 Å². The number of anilines is 1. The lowest BCUT2D eigenvalue weighted by atomic mass is 10.3. The van der Waals surface area contributed by atoms with Crippen LogP contribution in [0.3, 0.4) is 0 Å². The molecule has 0 aliphatic rings. The molecule has 4 aromatic rings. The third-order valence-corrected chi connectivity index (χ3v) is 5.58. The summed E-state index contributed by atoms with van der Waals surface area (Å²) in [4.78, 5) is 13.1. The Kier molecular flexibility index (Phi) is 5.44. The second-order valence-corrected chi connectivity index (χ2v) is 7.94. The summed E-state index contributed by atoms with van der Waals surface area (Å²) >= 11 is 0. The number of methoxy groups -OCH3 is 1. The standard InChI is InChI=1S/C21H18N4O4S/c1-28-16-9-11-17(12-10-16)30(26,27)25-20-21(29-14-15-6-4-5-13-22-15)24-19-8-3-2-7-18(19)23-20/h2-13H,14H2,1H3,(H,23,25). The molecule has 2 aromatic heterocycles. The Bertz CT molecular complexity index is 1260. The lowest BCUT2D eigenvalue weighted by molar-refractivity contribution is 0.291. The molecule has 0 aliphatic carbocycles. The van der Waals surface area contributed by atoms with Gasteiger partial charge in [-0.3, -0.25) is 9.71 Å². The molecule has 30 heavy (non-hydrogen) atoms. The number of fused-ring (bicyclic) bond motifs is 1. The lowest BCUT2D eigenvalue weighted by Gasteiger charge is -2.13. The van der Waals surface area contributed by atoms with E-state index in [1.165, 1.54) is 19.2 Å². The highest BCUT2D eigenvalue weighted by molar-refractivity contribution is 7.92. The summed E-state index contributed by atoms with van der Waals surface area (Å²) in [5.41, 5.74) is 1.80. The van der Waals surface area contributed by atoms with Gasteiger partial charge < -0.3 is 9.47 Å². The van der Waals surface area contributed by atoms with Gasteiger partial charge in [-0.1, -0.05) is 18.2 Å². The van der Waals surface area contributed by atoms with Crippen molar-refractivity contribution >= 4 is 26.9 Å². The van der Waals surface area contributed by atoms with Crippen LogP contribution in [-0.2, 0) is 16.6 Å². The second kappa shape index (κ2) is 8.34. The maximum Gasteiger partial charge on any atom is 0.263 e. The fraction of sp³-hybridized carbons (Fsp3) is 0.0952. The largest absolute Gasteiger partial charge is 0.497 e. The molecule has 0 unspecified atom stereocenters. The Morgan fingerprint density at radius 1 is 0.900 bits per heavy atom. The van der Waals surface area contributed by atoms with Crippen molar-refractivity contribution < 1.29 is 17.9 Å². The quantitative estimate of drug-likeness (QED) is 0.487. The fourth-order valence-electron chi connectivity index (χ4n) is 2.72. The average Bonchev–Trinajstić information content (AvgIpc) is 2.78. The van der Waals surface area contributed by atoms with Crippen molar-refractivity contribution in [3.63, 3.8) is 0 Å². The molecular formula is C21H18N4O4S. The smallest absolute Gasteiger partial charge is 0.263 e. The third kappa shape index (κ3) is 4.31. The van der Waals surface area contributed by atoms with E-state index in [1.807, 2.05) is 12.1 Å². The predicted octanol–water partition coefficient (Wildman–Crippen LogP) is 3.41. The fourth-order valence-corrected chi connectivity index (χ4v) is 3.72. The van der Waals surface area contributed by atoms with E-state index in [-0.39, 0.29) is 23.2 Å². The van der Waals surface area contributed by atoms with E-state index in [2.05, 4.69) is 19.7 Å². The summed E-state index contributed by atoms with van der Waals surface area (Å²) < 4.78 is 39.1. The number of aromatic nitrogens is 3. The van der Waals surface area contributed by atoms with E-state index in [0.717, 1.165) is 0 Å². The number of pyridine rings is 1. The van der Waals surface area contributed by atoms with Crippen molar-refractivity contribution in [2.24, 2.45) is 0 Å². The molecular weight excluding hydrogens is 404 g/mol. The van der Waals surface area contributed by atoms with Gasteiger partial charge in [0.2, 0.25) is 5.82 Å². The van der Waals surface area contributed by atoms with Gasteiger partial charge in [0.1, 0.15) is 12.4 Å². The van der Waals surface area contributed by atoms with E-state index in [4.69, 9.17) is 9.47 Å². The molecule has 0 fully saturated rings. The van der Waals surface area contributed by atoms with Crippen LogP contribution in [0.1, 0.15) is 5.69 Å². The number of sulfonamides is 1. The number of rotatable bonds is 7. The first kappa shape index (κ1) is 19.6. The first-order valence-corrected chi connectivity index (χ1v) is 10.5. The van der Waals surface area contributed by atoms with Crippen molar-refractivity contribution in [2.45, 2.75) is 11.5 Å². The molecule has 4 rings (SSSR count). The van der Waals surface area contributed by atoms with Crippen molar-refractivity contribution in [1.82, 2.24) is 15.0 Å². The molecule has 0 saturated carbocycles. The Balaban J connectivity index is 1.68. The zero-order chi connectivity index (χ0) is 21.0. The van der Waals surface area contributed by atoms with Crippen LogP contribution in [0.25, 0.3) is 11.0 Å². The molecule has 2 heterocycles. The minimum absolute atomic E-state index is 0.000416. The van der Waals surface area contributed by atoms with Gasteiger partial charge in [0.05, 0.1) is 28.7 Å². The van der Waals surface area contributed by atoms with Crippen LogP contribution in [0.2, 0.25) is 0 Å². The zero-order valence-electron chi connectivity index (χ0n) is 16.0. The van der Waals surface area contributed by atoms with Crippen molar-refractivity contribution in [2.75, 3.05) is 11.8 Å². The molecule has 0 aliphatic heterocycles. The van der Waals surface area contributed by atoms with Gasteiger partial charge in [-0.05, 0) is 48.5 Å². The van der Waals surface area contributed by atoms with Crippen LogP contribution >= 0.6 is 0 Å². The number of nitrogens with one attached hydrogen (secondary N) is 1. The van der Waals surface area contributed by atoms with E-state index in [9.17, 15) is 8.42 Å². The number of nitrogens with zero attached hydrogens (tertiary/aromatic N) is 3. The summed E-state index contributed by atoms with van der Waals surface area (Å²) in [7, 11) is -2.40. The van der Waals surface area contributed by atoms with Gasteiger partial charge in [-0.15, -0.1) is 0 Å². The Labute approximate surface area is 173 Å². The normalized spacial score (nSPS) is 11.2. The average molecular weight is 422 g/mol. The number of hydrogen-bond donors (Lipinski definition) is 1. The topological polar surface area (TPSA) is 103 Å². The highest BCUT2D eigenvalue weighted by Crippen LogP contribution is 2.27. The van der Waals surface area contributed by atoms with Gasteiger partial charge in [0, 0.05) is 6.20 Å². The van der Waals surface area contributed by atoms with Crippen LogP contribution in [0.4, 0.5) is 5.82 Å². The second-order valence-electron chi connectivity index (χ2n) is 6.26. The van der Waals surface area contributed by atoms with Crippen molar-refractivity contribution in [3.05, 3.63) is 78.6 Å². The molecule has 1 N–H and O–H groups in total. The SMILES string of the molecule is COc1ccc(S(=O)(=O)Nc2nc3ccccc3nc2OCc2ccccn2)cc1. The van der Waals surface area contributed by atoms with Gasteiger partial charge >= 0.3 is 0 Å². The molecule has 0 amide bonds. The lowest BCUT2D eigenvalue weighted by Crippen LogP contribution is -2.16. The highest BCUT2D eigenvalue weighted by atomic mass is 32.2. The predicted molar refractivity (Wildman–Crippen MR) is 112 cm³/mol. The maximum atomic E-state index is 12.9. The molecule has 0 radical (unpaired) electrons. The minimum Gasteiger partial charge on any atom is -0.497 e. The van der Waals surface area contributed by atoms with E-state index in [1.54, 1.807) is 48.7 Å². The number of ether oxygens (including phenoxy) is 2. The molecule has 152 valence electrons. The summed E-state index contributed by atoms with van der Waals surface area (Å²) in [5, 5.41) is 0. The molecule has 9 heteroatoms.